The van der Waals surface area contributed by atoms with Gasteiger partial charge in [0, 0.05) is 6.92 Å². The van der Waals surface area contributed by atoms with Gasteiger partial charge in [-0.15, -0.1) is 0 Å². The second-order valence-corrected chi connectivity index (χ2v) is 3.84. The second kappa shape index (κ2) is 5.27. The summed E-state index contributed by atoms with van der Waals surface area (Å²) >= 11 is 0. The molecule has 0 aliphatic carbocycles. The lowest BCUT2D eigenvalue weighted by atomic mass is 10.2. The van der Waals surface area contributed by atoms with Crippen LogP contribution in [-0.2, 0) is 6.54 Å². The molecule has 2 rings (SSSR count). The van der Waals surface area contributed by atoms with Crippen molar-refractivity contribution in [1.29, 1.82) is 0 Å². The predicted octanol–water partition coefficient (Wildman–Crippen LogP) is 2.81. The third-order valence-electron chi connectivity index (χ3n) is 2.62. The number of nitrogens with zero attached hydrogens (tertiary/aromatic N) is 3. The van der Waals surface area contributed by atoms with Gasteiger partial charge in [-0.3, -0.25) is 0 Å². The molecular weight excluding hydrogens is 230 g/mol. The van der Waals surface area contributed by atoms with Gasteiger partial charge in [0.05, 0.1) is 0 Å². The van der Waals surface area contributed by atoms with Crippen LogP contribution in [-0.4, -0.2) is 14.5 Å². The van der Waals surface area contributed by atoms with Crippen molar-refractivity contribution in [3.8, 4) is 0 Å². The molecule has 2 aromatic rings. The van der Waals surface area contributed by atoms with Crippen molar-refractivity contribution in [3.05, 3.63) is 64.1 Å². The minimum Gasteiger partial charge on any atom is -0.358 e. The van der Waals surface area contributed by atoms with E-state index >= 15 is 0 Å². The topological polar surface area (TPSA) is 61.0 Å². The molecule has 92 valence electrons. The van der Waals surface area contributed by atoms with Crippen LogP contribution in [0.5, 0.6) is 0 Å². The largest absolute Gasteiger partial charge is 0.358 e. The second-order valence-electron chi connectivity index (χ2n) is 3.84. The number of rotatable bonds is 4. The Morgan fingerprint density at radius 1 is 1.39 bits per heavy atom. The number of aryl methyl sites for hydroxylation is 1. The molecule has 0 saturated carbocycles. The average Bonchev–Trinajstić information content (AvgIpc) is 2.73. The van der Waals surface area contributed by atoms with Crippen LogP contribution < -0.4 is 0 Å². The number of hydrogen-bond acceptors (Lipinski definition) is 3. The highest BCUT2D eigenvalue weighted by molar-refractivity contribution is 5.48. The van der Waals surface area contributed by atoms with Gasteiger partial charge in [0.1, 0.15) is 12.7 Å². The first-order valence-electron chi connectivity index (χ1n) is 5.56. The first-order chi connectivity index (χ1) is 8.68. The number of nitro groups is 1. The Balaban J connectivity index is 2.13. The van der Waals surface area contributed by atoms with Gasteiger partial charge in [0.15, 0.2) is 5.82 Å². The molecule has 0 aliphatic heterocycles. The molecule has 0 radical (unpaired) electrons. The quantitative estimate of drug-likeness (QED) is 0.612. The molecule has 0 amide bonds. The van der Waals surface area contributed by atoms with Crippen molar-refractivity contribution in [2.24, 2.45) is 0 Å². The van der Waals surface area contributed by atoms with Crippen LogP contribution in [0.2, 0.25) is 0 Å². The summed E-state index contributed by atoms with van der Waals surface area (Å²) in [4.78, 5) is 14.3. The standard InChI is InChI=1S/C13H13N3O2/c1-11-14-10-13(16(17)18)15(11)9-5-8-12-6-3-2-4-7-12/h2-8,10H,9H2,1H3/b8-5+. The highest BCUT2D eigenvalue weighted by atomic mass is 16.6. The zero-order valence-corrected chi connectivity index (χ0v) is 9.98. The molecule has 18 heavy (non-hydrogen) atoms. The van der Waals surface area contributed by atoms with Gasteiger partial charge in [-0.05, 0) is 16.6 Å². The van der Waals surface area contributed by atoms with Crippen LogP contribution in [0.25, 0.3) is 6.08 Å². The maximum absolute atomic E-state index is 10.8. The Hall–Kier alpha value is -2.43. The number of aromatic nitrogens is 2. The van der Waals surface area contributed by atoms with Crippen LogP contribution in [0.3, 0.4) is 0 Å². The van der Waals surface area contributed by atoms with Gasteiger partial charge >= 0.3 is 5.82 Å². The van der Waals surface area contributed by atoms with E-state index in [4.69, 9.17) is 0 Å². The Bertz CT molecular complexity index is 573. The van der Waals surface area contributed by atoms with E-state index in [1.165, 1.54) is 6.20 Å². The molecular formula is C13H13N3O2. The minimum absolute atomic E-state index is 0.0187. The van der Waals surface area contributed by atoms with Crippen LogP contribution >= 0.6 is 0 Å². The van der Waals surface area contributed by atoms with E-state index < -0.39 is 4.92 Å². The van der Waals surface area contributed by atoms with Gasteiger partial charge in [0.2, 0.25) is 0 Å². The fourth-order valence-corrected chi connectivity index (χ4v) is 1.69. The van der Waals surface area contributed by atoms with E-state index in [1.807, 2.05) is 42.5 Å². The summed E-state index contributed by atoms with van der Waals surface area (Å²) in [5.41, 5.74) is 1.07. The Kier molecular flexibility index (Phi) is 3.52. The summed E-state index contributed by atoms with van der Waals surface area (Å²) in [6.07, 6.45) is 5.10. The van der Waals surface area contributed by atoms with E-state index in [9.17, 15) is 10.1 Å². The van der Waals surface area contributed by atoms with Gasteiger partial charge in [0.25, 0.3) is 0 Å². The maximum Gasteiger partial charge on any atom is 0.343 e. The molecule has 0 aliphatic rings. The lowest BCUT2D eigenvalue weighted by molar-refractivity contribution is -0.392. The summed E-state index contributed by atoms with van der Waals surface area (Å²) in [6.45, 7) is 2.19. The van der Waals surface area contributed by atoms with Crippen molar-refractivity contribution in [2.45, 2.75) is 13.5 Å². The van der Waals surface area contributed by atoms with E-state index in [-0.39, 0.29) is 5.82 Å². The Labute approximate surface area is 105 Å². The normalized spacial score (nSPS) is 10.9. The third-order valence-corrected chi connectivity index (χ3v) is 2.62. The summed E-state index contributed by atoms with van der Waals surface area (Å²) in [6, 6.07) is 9.80. The van der Waals surface area contributed by atoms with E-state index in [2.05, 4.69) is 4.98 Å². The molecule has 5 nitrogen and oxygen atoms in total. The van der Waals surface area contributed by atoms with E-state index in [1.54, 1.807) is 11.5 Å². The SMILES string of the molecule is Cc1ncc([N+](=O)[O-])n1C/C=C/c1ccccc1. The highest BCUT2D eigenvalue weighted by Gasteiger charge is 2.15. The Morgan fingerprint density at radius 2 is 2.11 bits per heavy atom. The maximum atomic E-state index is 10.8. The molecule has 0 atom stereocenters. The molecule has 0 saturated heterocycles. The summed E-state index contributed by atoms with van der Waals surface area (Å²) in [5.74, 6) is 0.657. The molecule has 0 fully saturated rings. The van der Waals surface area contributed by atoms with Gasteiger partial charge in [-0.1, -0.05) is 36.4 Å². The third kappa shape index (κ3) is 2.63. The van der Waals surface area contributed by atoms with Crippen LogP contribution in [0.4, 0.5) is 5.82 Å². The first kappa shape index (κ1) is 12.0. The van der Waals surface area contributed by atoms with Crippen LogP contribution in [0.1, 0.15) is 11.4 Å². The van der Waals surface area contributed by atoms with E-state index in [0.717, 1.165) is 5.56 Å². The summed E-state index contributed by atoms with van der Waals surface area (Å²) in [7, 11) is 0. The predicted molar refractivity (Wildman–Crippen MR) is 69.1 cm³/mol. The summed E-state index contributed by atoms with van der Waals surface area (Å²) < 4.78 is 1.57. The van der Waals surface area contributed by atoms with Gasteiger partial charge in [-0.25, -0.2) is 9.55 Å². The first-order valence-corrected chi connectivity index (χ1v) is 5.56. The average molecular weight is 243 g/mol. The molecule has 0 unspecified atom stereocenters. The van der Waals surface area contributed by atoms with Crippen molar-refractivity contribution >= 4 is 11.9 Å². The molecule has 1 heterocycles. The number of benzene rings is 1. The minimum atomic E-state index is -0.420. The van der Waals surface area contributed by atoms with Gasteiger partial charge < -0.3 is 10.1 Å². The van der Waals surface area contributed by atoms with Crippen LogP contribution in [0.15, 0.2) is 42.6 Å². The fourth-order valence-electron chi connectivity index (χ4n) is 1.69. The molecule has 0 N–H and O–H groups in total. The molecule has 0 bridgehead atoms. The summed E-state index contributed by atoms with van der Waals surface area (Å²) in [5, 5.41) is 10.8. The molecule has 5 heteroatoms. The van der Waals surface area contributed by atoms with Gasteiger partial charge in [-0.2, -0.15) is 0 Å². The fraction of sp³-hybridized carbons (Fsp3) is 0.154. The van der Waals surface area contributed by atoms with Crippen molar-refractivity contribution in [3.63, 3.8) is 0 Å². The monoisotopic (exact) mass is 243 g/mol. The zero-order chi connectivity index (χ0) is 13.0. The van der Waals surface area contributed by atoms with E-state index in [0.29, 0.717) is 12.4 Å². The number of hydrogen-bond donors (Lipinski definition) is 0. The van der Waals surface area contributed by atoms with Crippen LogP contribution in [0, 0.1) is 17.0 Å². The van der Waals surface area contributed by atoms with Crippen molar-refractivity contribution < 1.29 is 4.92 Å². The number of allylic oxidation sites excluding steroid dienone is 1. The smallest absolute Gasteiger partial charge is 0.343 e. The van der Waals surface area contributed by atoms with Crippen molar-refractivity contribution in [2.75, 3.05) is 0 Å². The zero-order valence-electron chi connectivity index (χ0n) is 9.98. The molecule has 1 aromatic carbocycles. The van der Waals surface area contributed by atoms with Crippen molar-refractivity contribution in [1.82, 2.24) is 9.55 Å². The molecule has 0 spiro atoms. The molecule has 1 aromatic heterocycles. The number of imidazole rings is 1. The Morgan fingerprint density at radius 3 is 2.78 bits per heavy atom. The lowest BCUT2D eigenvalue weighted by Crippen LogP contribution is -2.03. The lowest BCUT2D eigenvalue weighted by Gasteiger charge is -1.98. The highest BCUT2D eigenvalue weighted by Crippen LogP contribution is 2.13.